The van der Waals surface area contributed by atoms with Crippen LogP contribution in [0.15, 0.2) is 91.0 Å². The molecule has 0 aliphatic heterocycles. The average molecular weight is 696 g/mol. The zero-order chi connectivity index (χ0) is 34.8. The fourth-order valence-electron chi connectivity index (χ4n) is 5.63. The van der Waals surface area contributed by atoms with Gasteiger partial charge >= 0.3 is 232 Å². The number of ether oxygens (including phenoxy) is 2. The first-order valence-corrected chi connectivity index (χ1v) is 19.0. The third-order valence-electron chi connectivity index (χ3n) is 8.04. The molecule has 0 fully saturated rings. The Hall–Kier alpha value is -4.21. The number of hydrogen-bond acceptors (Lipinski definition) is 8. The van der Waals surface area contributed by atoms with E-state index in [1.165, 1.54) is 23.0 Å². The van der Waals surface area contributed by atoms with E-state index >= 15 is 0 Å². The molecule has 0 aliphatic rings. The van der Waals surface area contributed by atoms with Crippen molar-refractivity contribution >= 4 is 65.5 Å². The van der Waals surface area contributed by atoms with E-state index in [0.29, 0.717) is 6.42 Å². The average Bonchev–Trinajstić information content (AvgIpc) is 3.12. The molecule has 48 heavy (non-hydrogen) atoms. The fourth-order valence-corrected chi connectivity index (χ4v) is 10.8. The standard InChI is InChI=1S/C36H46N3O7PS/c1-3-46-36(44)30(22-23-33(41)39-31(26-48)35(43)37-25-34(42)45-2)38-32(40)21-13-14-24-47(27-15-7-4-8-16-27,28-17-9-5-10-18-28)29-19-11-6-12-20-29/h4-12,15-20,30-31,47-48H,3,13-14,21-26H2,1-2H3,(H,37,43)(H,38,40)(H,39,41). The molecule has 2 atom stereocenters. The normalized spacial score (nSPS) is 12.6. The van der Waals surface area contributed by atoms with E-state index in [1.54, 1.807) is 6.92 Å². The van der Waals surface area contributed by atoms with Crippen molar-refractivity contribution in [3.05, 3.63) is 91.0 Å². The molecule has 0 saturated carbocycles. The van der Waals surface area contributed by atoms with E-state index in [0.717, 1.165) is 12.6 Å². The quantitative estimate of drug-likeness (QED) is 0.0654. The molecular formula is C36H46N3O7PS. The number of rotatable bonds is 19. The van der Waals surface area contributed by atoms with Crippen LogP contribution >= 0.6 is 19.9 Å². The Balaban J connectivity index is 1.63. The molecule has 0 aromatic heterocycles. The second-order valence-electron chi connectivity index (χ2n) is 11.2. The van der Waals surface area contributed by atoms with Gasteiger partial charge in [-0.15, -0.1) is 0 Å². The molecular weight excluding hydrogens is 649 g/mol. The molecule has 12 heteroatoms. The number of benzene rings is 3. The first-order valence-electron chi connectivity index (χ1n) is 16.1. The first kappa shape index (κ1) is 38.2. The molecule has 3 aromatic rings. The summed E-state index contributed by atoms with van der Waals surface area (Å²) in [4.78, 5) is 62.1. The summed E-state index contributed by atoms with van der Waals surface area (Å²) in [5, 5.41) is 11.6. The van der Waals surface area contributed by atoms with Gasteiger partial charge in [0, 0.05) is 5.75 Å². The molecule has 0 aliphatic carbocycles. The predicted molar refractivity (Wildman–Crippen MR) is 194 cm³/mol. The Labute approximate surface area is 288 Å². The minimum atomic E-state index is -2.43. The Bertz CT molecular complexity index is 1380. The molecule has 2 unspecified atom stereocenters. The fraction of sp³-hybridized carbons (Fsp3) is 0.361. The monoisotopic (exact) mass is 695 g/mol. The molecule has 0 saturated heterocycles. The number of methoxy groups -OCH3 is 1. The Morgan fingerprint density at radius 3 is 1.71 bits per heavy atom. The van der Waals surface area contributed by atoms with Crippen LogP contribution in [0.1, 0.15) is 39.0 Å². The van der Waals surface area contributed by atoms with Crippen LogP contribution in [0, 0.1) is 0 Å². The van der Waals surface area contributed by atoms with Crippen molar-refractivity contribution in [1.29, 1.82) is 0 Å². The molecule has 3 amide bonds. The Kier molecular flexibility index (Phi) is 16.1. The van der Waals surface area contributed by atoms with Gasteiger partial charge in [0.25, 0.3) is 0 Å². The molecule has 10 nitrogen and oxygen atoms in total. The van der Waals surface area contributed by atoms with Gasteiger partial charge in [-0.3, -0.25) is 9.59 Å². The van der Waals surface area contributed by atoms with Crippen LogP contribution in [0.25, 0.3) is 0 Å². The number of nitrogens with one attached hydrogen (secondary N) is 3. The summed E-state index contributed by atoms with van der Waals surface area (Å²) in [5.74, 6) is -2.71. The van der Waals surface area contributed by atoms with E-state index in [4.69, 9.17) is 4.74 Å². The van der Waals surface area contributed by atoms with Crippen LogP contribution < -0.4 is 31.9 Å². The molecule has 3 aromatic carbocycles. The Morgan fingerprint density at radius 1 is 0.729 bits per heavy atom. The van der Waals surface area contributed by atoms with E-state index in [-0.39, 0.29) is 44.1 Å². The van der Waals surface area contributed by atoms with Crippen LogP contribution in [0.2, 0.25) is 0 Å². The maximum atomic E-state index is 13.1. The van der Waals surface area contributed by atoms with E-state index in [2.05, 4.69) is 106 Å². The summed E-state index contributed by atoms with van der Waals surface area (Å²) >= 11 is 4.11. The van der Waals surface area contributed by atoms with Gasteiger partial charge in [-0.2, -0.15) is 12.6 Å². The molecule has 0 heterocycles. The van der Waals surface area contributed by atoms with Crippen molar-refractivity contribution in [3.63, 3.8) is 0 Å². The summed E-state index contributed by atoms with van der Waals surface area (Å²) in [5.41, 5.74) is 0. The summed E-state index contributed by atoms with van der Waals surface area (Å²) in [6.45, 7) is 1.43. The van der Waals surface area contributed by atoms with Crippen molar-refractivity contribution in [2.75, 3.05) is 32.2 Å². The number of esters is 2. The topological polar surface area (TPSA) is 140 Å². The van der Waals surface area contributed by atoms with Gasteiger partial charge in [0.2, 0.25) is 5.91 Å². The number of amides is 3. The van der Waals surface area contributed by atoms with Gasteiger partial charge in [-0.1, -0.05) is 0 Å². The predicted octanol–water partition coefficient (Wildman–Crippen LogP) is 2.42. The first-order chi connectivity index (χ1) is 23.2. The number of carbonyl (C=O) groups is 5. The van der Waals surface area contributed by atoms with Gasteiger partial charge in [0.15, 0.2) is 0 Å². The molecule has 0 radical (unpaired) electrons. The molecule has 0 bridgehead atoms. The van der Waals surface area contributed by atoms with E-state index in [1.807, 2.05) is 18.2 Å². The third kappa shape index (κ3) is 11.2. The van der Waals surface area contributed by atoms with Gasteiger partial charge < -0.3 is 10.1 Å². The van der Waals surface area contributed by atoms with Gasteiger partial charge in [0.05, 0.1) is 7.11 Å². The number of unbranched alkanes of at least 4 members (excludes halogenated alkanes) is 1. The zero-order valence-corrected chi connectivity index (χ0v) is 29.4. The van der Waals surface area contributed by atoms with E-state index in [9.17, 15) is 24.0 Å². The van der Waals surface area contributed by atoms with Crippen molar-refractivity contribution in [3.8, 4) is 0 Å². The molecule has 0 spiro atoms. The summed E-state index contributed by atoms with van der Waals surface area (Å²) in [6.07, 6.45) is 2.30. The number of carbonyl (C=O) groups excluding carboxylic acids is 5. The summed E-state index contributed by atoms with van der Waals surface area (Å²) in [6, 6.07) is 29.7. The zero-order valence-electron chi connectivity index (χ0n) is 27.5. The minimum absolute atomic E-state index is 0.0141. The van der Waals surface area contributed by atoms with Crippen molar-refractivity contribution in [2.24, 2.45) is 0 Å². The third-order valence-corrected chi connectivity index (χ3v) is 13.5. The Morgan fingerprint density at radius 2 is 1.23 bits per heavy atom. The van der Waals surface area contributed by atoms with Crippen LogP contribution in [0.3, 0.4) is 0 Å². The van der Waals surface area contributed by atoms with Crippen LogP contribution in [-0.2, 0) is 33.4 Å². The van der Waals surface area contributed by atoms with Crippen molar-refractivity contribution in [1.82, 2.24) is 16.0 Å². The summed E-state index contributed by atoms with van der Waals surface area (Å²) < 4.78 is 9.66. The van der Waals surface area contributed by atoms with Crippen molar-refractivity contribution in [2.45, 2.75) is 51.1 Å². The number of hydrogen-bond donors (Lipinski definition) is 4. The van der Waals surface area contributed by atoms with Gasteiger partial charge in [-0.25, -0.2) is 0 Å². The summed E-state index contributed by atoms with van der Waals surface area (Å²) in [7, 11) is -1.23. The van der Waals surface area contributed by atoms with Crippen LogP contribution in [0.5, 0.6) is 0 Å². The second kappa shape index (κ2) is 20.2. The van der Waals surface area contributed by atoms with Crippen LogP contribution in [0.4, 0.5) is 0 Å². The van der Waals surface area contributed by atoms with Crippen LogP contribution in [-0.4, -0.2) is 73.9 Å². The van der Waals surface area contributed by atoms with Crippen molar-refractivity contribution < 1.29 is 33.4 Å². The maximum absolute atomic E-state index is 13.1. The molecule has 3 rings (SSSR count). The SMILES string of the molecule is CCOC(=O)C(CCC(=O)NC(CS)C(=O)NCC(=O)OC)NC(=O)CCCC[PH](c1ccccc1)(c1ccccc1)c1ccccc1. The molecule has 258 valence electrons. The molecule has 3 N–H and O–H groups in total. The van der Waals surface area contributed by atoms with Gasteiger partial charge in [-0.05, 0) is 0 Å². The van der Waals surface area contributed by atoms with E-state index < -0.39 is 43.1 Å². The van der Waals surface area contributed by atoms with Gasteiger partial charge in [0.1, 0.15) is 6.54 Å². The number of thiol groups is 1. The second-order valence-corrected chi connectivity index (χ2v) is 15.6.